The van der Waals surface area contributed by atoms with Crippen LogP contribution >= 0.6 is 0 Å². The van der Waals surface area contributed by atoms with Crippen LogP contribution in [0.5, 0.6) is 5.75 Å². The predicted molar refractivity (Wildman–Crippen MR) is 67.6 cm³/mol. The van der Waals surface area contributed by atoms with Gasteiger partial charge in [0.05, 0.1) is 0 Å². The third kappa shape index (κ3) is 1.96. The van der Waals surface area contributed by atoms with E-state index in [-0.39, 0.29) is 0 Å². The van der Waals surface area contributed by atoms with E-state index in [9.17, 15) is 4.79 Å². The highest BCUT2D eigenvalue weighted by atomic mass is 16.6. The van der Waals surface area contributed by atoms with Crippen LogP contribution < -0.4 is 4.74 Å². The lowest BCUT2D eigenvalue weighted by Crippen LogP contribution is -2.16. The highest BCUT2D eigenvalue weighted by molar-refractivity contribution is 5.84. The van der Waals surface area contributed by atoms with Crippen LogP contribution in [0.4, 0.5) is 4.79 Å². The molecule has 1 heterocycles. The molecule has 0 saturated heterocycles. The highest BCUT2D eigenvalue weighted by Gasteiger charge is 2.07. The molecule has 0 aliphatic carbocycles. The Morgan fingerprint density at radius 2 is 1.89 bits per heavy atom. The van der Waals surface area contributed by atoms with Gasteiger partial charge in [-0.1, -0.05) is 30.3 Å². The number of carbonyl (C=O) groups excluding carboxylic acids is 1. The second-order valence-electron chi connectivity index (χ2n) is 3.83. The molecule has 0 bridgehead atoms. The molecule has 0 N–H and O–H groups in total. The second kappa shape index (κ2) is 4.33. The minimum atomic E-state index is -0.518. The third-order valence-electron chi connectivity index (χ3n) is 2.62. The molecular formula is C14H10N2O2. The second-order valence-corrected chi connectivity index (χ2v) is 3.83. The van der Waals surface area contributed by atoms with Crippen molar-refractivity contribution in [3.63, 3.8) is 0 Å². The zero-order valence-corrected chi connectivity index (χ0v) is 9.48. The Balaban J connectivity index is 1.89. The minimum absolute atomic E-state index is 0.509. The van der Waals surface area contributed by atoms with Gasteiger partial charge in [0.15, 0.2) is 0 Å². The van der Waals surface area contributed by atoms with Crippen LogP contribution in [-0.4, -0.2) is 15.9 Å². The van der Waals surface area contributed by atoms with Crippen molar-refractivity contribution < 1.29 is 9.53 Å². The van der Waals surface area contributed by atoms with Crippen LogP contribution in [0.15, 0.2) is 60.9 Å². The maximum Gasteiger partial charge on any atom is 0.440 e. The number of ether oxygens (including phenoxy) is 1. The van der Waals surface area contributed by atoms with Crippen molar-refractivity contribution in [3.8, 4) is 5.75 Å². The van der Waals surface area contributed by atoms with Crippen LogP contribution in [0.1, 0.15) is 0 Å². The Hall–Kier alpha value is -2.62. The van der Waals surface area contributed by atoms with E-state index in [2.05, 4.69) is 5.10 Å². The molecule has 88 valence electrons. The van der Waals surface area contributed by atoms with E-state index in [1.54, 1.807) is 18.3 Å². The topological polar surface area (TPSA) is 44.1 Å². The van der Waals surface area contributed by atoms with Gasteiger partial charge in [0.25, 0.3) is 0 Å². The molecule has 0 unspecified atom stereocenters. The van der Waals surface area contributed by atoms with Crippen molar-refractivity contribution in [2.75, 3.05) is 0 Å². The van der Waals surface area contributed by atoms with Gasteiger partial charge >= 0.3 is 6.09 Å². The molecule has 0 aliphatic heterocycles. The van der Waals surface area contributed by atoms with Crippen molar-refractivity contribution in [1.29, 1.82) is 0 Å². The first-order valence-electron chi connectivity index (χ1n) is 5.53. The van der Waals surface area contributed by atoms with Gasteiger partial charge in [-0.2, -0.15) is 9.78 Å². The first kappa shape index (κ1) is 10.5. The summed E-state index contributed by atoms with van der Waals surface area (Å²) >= 11 is 0. The fourth-order valence-corrected chi connectivity index (χ4v) is 1.76. The number of nitrogens with zero attached hydrogens (tertiary/aromatic N) is 2. The molecule has 0 fully saturated rings. The number of hydrogen-bond acceptors (Lipinski definition) is 3. The first-order valence-corrected chi connectivity index (χ1v) is 5.53. The van der Waals surface area contributed by atoms with Crippen molar-refractivity contribution in [3.05, 3.63) is 60.9 Å². The summed E-state index contributed by atoms with van der Waals surface area (Å²) in [6.45, 7) is 0. The molecule has 1 aromatic heterocycles. The Morgan fingerprint density at radius 3 is 2.67 bits per heavy atom. The number of carbonyl (C=O) groups is 1. The maximum atomic E-state index is 11.7. The smallest absolute Gasteiger partial charge is 0.409 e. The summed E-state index contributed by atoms with van der Waals surface area (Å²) in [5.41, 5.74) is 0. The molecular weight excluding hydrogens is 228 g/mol. The van der Waals surface area contributed by atoms with E-state index in [0.29, 0.717) is 5.75 Å². The average molecular weight is 238 g/mol. The monoisotopic (exact) mass is 238 g/mol. The molecule has 2 aromatic carbocycles. The van der Waals surface area contributed by atoms with Crippen LogP contribution in [0.25, 0.3) is 10.8 Å². The predicted octanol–water partition coefficient (Wildman–Crippen LogP) is 3.08. The lowest BCUT2D eigenvalue weighted by Gasteiger charge is -2.05. The molecule has 4 nitrogen and oxygen atoms in total. The Labute approximate surface area is 103 Å². The van der Waals surface area contributed by atoms with E-state index in [1.165, 1.54) is 6.20 Å². The number of hydrogen-bond donors (Lipinski definition) is 0. The Kier molecular flexibility index (Phi) is 2.53. The molecule has 0 saturated carbocycles. The molecule has 4 heteroatoms. The van der Waals surface area contributed by atoms with E-state index < -0.39 is 6.09 Å². The number of rotatable bonds is 1. The Morgan fingerprint density at radius 1 is 1.06 bits per heavy atom. The highest BCUT2D eigenvalue weighted by Crippen LogP contribution is 2.20. The summed E-state index contributed by atoms with van der Waals surface area (Å²) in [6.07, 6.45) is 2.56. The zero-order chi connectivity index (χ0) is 12.4. The van der Waals surface area contributed by atoms with Gasteiger partial charge in [-0.3, -0.25) is 0 Å². The number of fused-ring (bicyclic) bond motifs is 1. The fourth-order valence-electron chi connectivity index (χ4n) is 1.76. The molecule has 0 aliphatic rings. The molecule has 0 radical (unpaired) electrons. The van der Waals surface area contributed by atoms with Crippen LogP contribution in [0, 0.1) is 0 Å². The van der Waals surface area contributed by atoms with Gasteiger partial charge in [-0.25, -0.2) is 4.79 Å². The standard InChI is InChI=1S/C14H10N2O2/c17-14(16-9-3-8-15-16)18-13-7-6-11-4-1-2-5-12(11)10-13/h1-10H. The van der Waals surface area contributed by atoms with Gasteiger partial charge in [0.2, 0.25) is 0 Å². The van der Waals surface area contributed by atoms with Crippen molar-refractivity contribution >= 4 is 16.9 Å². The van der Waals surface area contributed by atoms with Gasteiger partial charge in [0, 0.05) is 12.4 Å². The summed E-state index contributed by atoms with van der Waals surface area (Å²) < 4.78 is 6.38. The molecule has 3 aromatic rings. The maximum absolute atomic E-state index is 11.7. The van der Waals surface area contributed by atoms with Gasteiger partial charge < -0.3 is 4.74 Å². The van der Waals surface area contributed by atoms with Crippen LogP contribution in [0.2, 0.25) is 0 Å². The third-order valence-corrected chi connectivity index (χ3v) is 2.62. The van der Waals surface area contributed by atoms with Crippen LogP contribution in [-0.2, 0) is 0 Å². The lowest BCUT2D eigenvalue weighted by molar-refractivity contribution is 0.199. The Bertz CT molecular complexity index is 690. The molecule has 0 atom stereocenters. The van der Waals surface area contributed by atoms with Gasteiger partial charge in [-0.05, 0) is 29.0 Å². The summed E-state index contributed by atoms with van der Waals surface area (Å²) in [5, 5.41) is 5.96. The van der Waals surface area contributed by atoms with Gasteiger partial charge in [-0.15, -0.1) is 0 Å². The number of benzene rings is 2. The van der Waals surface area contributed by atoms with Crippen molar-refractivity contribution in [1.82, 2.24) is 9.78 Å². The largest absolute Gasteiger partial charge is 0.440 e. The van der Waals surface area contributed by atoms with E-state index in [4.69, 9.17) is 4.74 Å². The molecule has 3 rings (SSSR count). The summed E-state index contributed by atoms with van der Waals surface area (Å²) in [5.74, 6) is 0.509. The van der Waals surface area contributed by atoms with Crippen molar-refractivity contribution in [2.45, 2.75) is 0 Å². The summed E-state index contributed by atoms with van der Waals surface area (Å²) in [6, 6.07) is 15.1. The quantitative estimate of drug-likeness (QED) is 0.654. The summed E-state index contributed by atoms with van der Waals surface area (Å²) in [7, 11) is 0. The molecule has 0 amide bonds. The van der Waals surface area contributed by atoms with E-state index in [1.807, 2.05) is 36.4 Å². The van der Waals surface area contributed by atoms with Gasteiger partial charge in [0.1, 0.15) is 5.75 Å². The lowest BCUT2D eigenvalue weighted by atomic mass is 10.1. The normalized spacial score (nSPS) is 10.4. The van der Waals surface area contributed by atoms with Crippen LogP contribution in [0.3, 0.4) is 0 Å². The molecule has 0 spiro atoms. The number of aromatic nitrogens is 2. The van der Waals surface area contributed by atoms with E-state index >= 15 is 0 Å². The SMILES string of the molecule is O=C(Oc1ccc2ccccc2c1)n1cccn1. The average Bonchev–Trinajstić information content (AvgIpc) is 2.92. The first-order chi connectivity index (χ1) is 8.83. The van der Waals surface area contributed by atoms with E-state index in [0.717, 1.165) is 15.5 Å². The molecule has 18 heavy (non-hydrogen) atoms. The minimum Gasteiger partial charge on any atom is -0.409 e. The fraction of sp³-hybridized carbons (Fsp3) is 0. The zero-order valence-electron chi connectivity index (χ0n) is 9.48. The summed E-state index contributed by atoms with van der Waals surface area (Å²) in [4.78, 5) is 11.7. The van der Waals surface area contributed by atoms with Crippen molar-refractivity contribution in [2.24, 2.45) is 0 Å².